The summed E-state index contributed by atoms with van der Waals surface area (Å²) in [7, 11) is 0. The van der Waals surface area contributed by atoms with E-state index in [0.29, 0.717) is 59.4 Å². The summed E-state index contributed by atoms with van der Waals surface area (Å²) in [4.78, 5) is 31.0. The van der Waals surface area contributed by atoms with Gasteiger partial charge in [0.2, 0.25) is 0 Å². The zero-order valence-corrected chi connectivity index (χ0v) is 19.1. The number of nitrogens with one attached hydrogen (secondary N) is 1. The van der Waals surface area contributed by atoms with E-state index in [-0.39, 0.29) is 5.56 Å². The Balaban J connectivity index is 1.77. The molecule has 4 rings (SSSR count). The topological polar surface area (TPSA) is 109 Å². The maximum atomic E-state index is 13.5. The predicted molar refractivity (Wildman–Crippen MR) is 128 cm³/mol. The average Bonchev–Trinajstić information content (AvgIpc) is 2.80. The van der Waals surface area contributed by atoms with Crippen molar-refractivity contribution in [1.82, 2.24) is 29.8 Å². The van der Waals surface area contributed by atoms with Crippen LogP contribution in [0.15, 0.2) is 47.7 Å². The van der Waals surface area contributed by atoms with E-state index >= 15 is 0 Å². The zero-order chi connectivity index (χ0) is 23.4. The molecule has 0 aliphatic carbocycles. The fraction of sp³-hybridized carbons (Fsp3) is 0.250. The lowest BCUT2D eigenvalue weighted by atomic mass is 10.0. The van der Waals surface area contributed by atoms with Crippen molar-refractivity contribution in [2.75, 3.05) is 13.1 Å². The highest BCUT2D eigenvalue weighted by molar-refractivity contribution is 6.33. The van der Waals surface area contributed by atoms with Crippen LogP contribution in [0, 0.1) is 25.2 Å². The minimum atomic E-state index is -0.187. The highest BCUT2D eigenvalue weighted by Gasteiger charge is 2.16. The van der Waals surface area contributed by atoms with Crippen LogP contribution in [0.25, 0.3) is 33.4 Å². The molecule has 4 aromatic rings. The van der Waals surface area contributed by atoms with E-state index in [1.165, 1.54) is 0 Å². The quantitative estimate of drug-likeness (QED) is 0.419. The molecule has 8 nitrogen and oxygen atoms in total. The van der Waals surface area contributed by atoms with Gasteiger partial charge in [0.1, 0.15) is 11.5 Å². The monoisotopic (exact) mass is 459 g/mol. The molecule has 3 heterocycles. The molecule has 1 aromatic carbocycles. The van der Waals surface area contributed by atoms with Gasteiger partial charge >= 0.3 is 0 Å². The number of benzene rings is 1. The number of aryl methyl sites for hydroxylation is 2. The van der Waals surface area contributed by atoms with Crippen LogP contribution in [0.5, 0.6) is 0 Å². The number of hydrogen-bond donors (Lipinski definition) is 1. The van der Waals surface area contributed by atoms with E-state index in [9.17, 15) is 4.79 Å². The Morgan fingerprint density at radius 3 is 2.70 bits per heavy atom. The van der Waals surface area contributed by atoms with Gasteiger partial charge in [0.05, 0.1) is 23.7 Å². The largest absolute Gasteiger partial charge is 0.314 e. The number of hydrogen-bond acceptors (Lipinski definition) is 7. The first-order valence-corrected chi connectivity index (χ1v) is 10.9. The Morgan fingerprint density at radius 1 is 1.09 bits per heavy atom. The highest BCUT2D eigenvalue weighted by Crippen LogP contribution is 2.31. The van der Waals surface area contributed by atoms with Crippen LogP contribution in [0.3, 0.4) is 0 Å². The van der Waals surface area contributed by atoms with Gasteiger partial charge in [0.25, 0.3) is 5.56 Å². The van der Waals surface area contributed by atoms with Crippen molar-refractivity contribution in [2.24, 2.45) is 0 Å². The Morgan fingerprint density at radius 2 is 1.94 bits per heavy atom. The summed E-state index contributed by atoms with van der Waals surface area (Å²) in [5.74, 6) is 0.586. The second-order valence-corrected chi connectivity index (χ2v) is 8.02. The molecule has 0 amide bonds. The molecule has 166 valence electrons. The maximum Gasteiger partial charge on any atom is 0.260 e. The van der Waals surface area contributed by atoms with Crippen molar-refractivity contribution < 1.29 is 0 Å². The molecule has 0 bridgehead atoms. The molecule has 0 aliphatic heterocycles. The van der Waals surface area contributed by atoms with Crippen molar-refractivity contribution in [3.63, 3.8) is 0 Å². The van der Waals surface area contributed by atoms with Gasteiger partial charge in [-0.25, -0.2) is 15.0 Å². The zero-order valence-electron chi connectivity index (χ0n) is 18.3. The van der Waals surface area contributed by atoms with Crippen LogP contribution in [0.4, 0.5) is 0 Å². The lowest BCUT2D eigenvalue weighted by molar-refractivity contribution is 0.600. The van der Waals surface area contributed by atoms with Crippen LogP contribution in [-0.4, -0.2) is 37.6 Å². The fourth-order valence-electron chi connectivity index (χ4n) is 3.60. The normalized spacial score (nSPS) is 11.0. The first-order valence-electron chi connectivity index (χ1n) is 10.5. The minimum absolute atomic E-state index is 0.187. The van der Waals surface area contributed by atoms with Crippen molar-refractivity contribution >= 4 is 22.6 Å². The SMILES string of the molecule is Cc1cncc(-c2ccc(-c3cc4cnc(C)nc4n(CCNCCC#N)c3=O)c(Cl)c2)n1. The summed E-state index contributed by atoms with van der Waals surface area (Å²) >= 11 is 6.65. The Hall–Kier alpha value is -3.67. The van der Waals surface area contributed by atoms with E-state index < -0.39 is 0 Å². The van der Waals surface area contributed by atoms with Gasteiger partial charge in [-0.2, -0.15) is 5.26 Å². The number of pyridine rings is 1. The van der Waals surface area contributed by atoms with Crippen LogP contribution in [-0.2, 0) is 6.54 Å². The van der Waals surface area contributed by atoms with Crippen molar-refractivity contribution in [1.29, 1.82) is 5.26 Å². The van der Waals surface area contributed by atoms with Crippen LogP contribution >= 0.6 is 11.6 Å². The summed E-state index contributed by atoms with van der Waals surface area (Å²) in [6, 6.07) is 9.38. The molecule has 0 radical (unpaired) electrons. The third-order valence-corrected chi connectivity index (χ3v) is 5.50. The van der Waals surface area contributed by atoms with Crippen LogP contribution < -0.4 is 10.9 Å². The number of nitrogens with zero attached hydrogens (tertiary/aromatic N) is 6. The molecule has 0 spiro atoms. The molecule has 0 aliphatic rings. The molecule has 0 fully saturated rings. The van der Waals surface area contributed by atoms with Crippen molar-refractivity contribution in [3.05, 3.63) is 69.8 Å². The van der Waals surface area contributed by atoms with Crippen LogP contribution in [0.2, 0.25) is 5.02 Å². The number of halogens is 1. The standard InChI is InChI=1S/C24H22ClN7O/c1-15-12-28-14-22(30-15)17-4-5-19(21(25)11-17)20-10-18-13-29-16(2)31-23(18)32(24(20)33)9-8-27-7-3-6-26/h4-5,10-14,27H,3,7-9H2,1-2H3. The van der Waals surface area contributed by atoms with Gasteiger partial charge in [-0.1, -0.05) is 23.7 Å². The lowest BCUT2D eigenvalue weighted by Crippen LogP contribution is -2.29. The van der Waals surface area contributed by atoms with Crippen molar-refractivity contribution in [2.45, 2.75) is 26.8 Å². The lowest BCUT2D eigenvalue weighted by Gasteiger charge is -2.14. The molecule has 33 heavy (non-hydrogen) atoms. The molecular formula is C24H22ClN7O. The minimum Gasteiger partial charge on any atom is -0.314 e. The average molecular weight is 460 g/mol. The first-order chi connectivity index (χ1) is 16.0. The molecule has 0 atom stereocenters. The summed E-state index contributed by atoms with van der Waals surface area (Å²) in [5, 5.41) is 13.1. The number of aromatic nitrogens is 5. The first kappa shape index (κ1) is 22.5. The Labute approximate surface area is 195 Å². The number of nitriles is 1. The second-order valence-electron chi connectivity index (χ2n) is 7.61. The summed E-state index contributed by atoms with van der Waals surface area (Å²) in [6.07, 6.45) is 5.49. The molecule has 3 aromatic heterocycles. The summed E-state index contributed by atoms with van der Waals surface area (Å²) in [6.45, 7) is 5.16. The smallest absolute Gasteiger partial charge is 0.260 e. The van der Waals surface area contributed by atoms with Gasteiger partial charge < -0.3 is 5.32 Å². The van der Waals surface area contributed by atoms with Crippen LogP contribution in [0.1, 0.15) is 17.9 Å². The molecular weight excluding hydrogens is 438 g/mol. The number of rotatable bonds is 7. The molecule has 0 saturated carbocycles. The molecule has 0 saturated heterocycles. The fourth-order valence-corrected chi connectivity index (χ4v) is 3.88. The van der Waals surface area contributed by atoms with E-state index in [0.717, 1.165) is 16.6 Å². The van der Waals surface area contributed by atoms with E-state index in [4.69, 9.17) is 16.9 Å². The molecule has 9 heteroatoms. The Kier molecular flexibility index (Phi) is 6.73. The molecule has 0 unspecified atom stereocenters. The second kappa shape index (κ2) is 9.86. The maximum absolute atomic E-state index is 13.5. The van der Waals surface area contributed by atoms with Gasteiger partial charge in [-0.05, 0) is 26.0 Å². The summed E-state index contributed by atoms with van der Waals surface area (Å²) < 4.78 is 1.63. The Bertz CT molecular complexity index is 1420. The van der Waals surface area contributed by atoms with Gasteiger partial charge in [0.15, 0.2) is 0 Å². The third kappa shape index (κ3) is 4.90. The van der Waals surface area contributed by atoms with Gasteiger partial charge in [-0.15, -0.1) is 0 Å². The van der Waals surface area contributed by atoms with E-state index in [1.54, 1.807) is 42.2 Å². The van der Waals surface area contributed by atoms with E-state index in [2.05, 4.69) is 31.3 Å². The third-order valence-electron chi connectivity index (χ3n) is 5.18. The van der Waals surface area contributed by atoms with E-state index in [1.807, 2.05) is 19.1 Å². The summed E-state index contributed by atoms with van der Waals surface area (Å²) in [5.41, 5.74) is 3.82. The van der Waals surface area contributed by atoms with Gasteiger partial charge in [-0.3, -0.25) is 14.3 Å². The van der Waals surface area contributed by atoms with Gasteiger partial charge in [0, 0.05) is 65.5 Å². The highest BCUT2D eigenvalue weighted by atomic mass is 35.5. The molecule has 1 N–H and O–H groups in total. The van der Waals surface area contributed by atoms with Crippen molar-refractivity contribution in [3.8, 4) is 28.5 Å². The predicted octanol–water partition coefficient (Wildman–Crippen LogP) is 3.69. The number of fused-ring (bicyclic) bond motifs is 1.